The number of benzene rings is 2. The van der Waals surface area contributed by atoms with E-state index in [1.807, 2.05) is 0 Å². The molecular weight excluding hydrogens is 428 g/mol. The zero-order valence-electron chi connectivity index (χ0n) is 22.6. The van der Waals surface area contributed by atoms with Gasteiger partial charge in [-0.05, 0) is 72.1 Å². The zero-order chi connectivity index (χ0) is 24.9. The summed E-state index contributed by atoms with van der Waals surface area (Å²) < 4.78 is 6.60. The fraction of sp³-hybridized carbons (Fsp3) is 0.606. The highest BCUT2D eigenvalue weighted by Gasteiger charge is 2.30. The maximum atomic E-state index is 10.8. The van der Waals surface area contributed by atoms with Gasteiger partial charge >= 0.3 is 0 Å². The van der Waals surface area contributed by atoms with E-state index in [0.717, 1.165) is 24.9 Å². The van der Waals surface area contributed by atoms with Crippen LogP contribution in [0.2, 0.25) is 0 Å². The molecule has 2 aromatic carbocycles. The topological polar surface area (TPSA) is 26.3 Å². The second-order valence-electron chi connectivity index (χ2n) is 11.3. The van der Waals surface area contributed by atoms with E-state index < -0.39 is 0 Å². The number of carbonyl (C=O) groups is 1. The maximum Gasteiger partial charge on any atom is 0.123 e. The van der Waals surface area contributed by atoms with E-state index in [1.54, 1.807) is 0 Å². The average molecular weight is 477 g/mol. The van der Waals surface area contributed by atoms with Gasteiger partial charge in [0.2, 0.25) is 0 Å². The molecule has 0 N–H and O–H groups in total. The van der Waals surface area contributed by atoms with E-state index in [-0.39, 0.29) is 5.41 Å². The molecule has 2 aromatic rings. The second-order valence-corrected chi connectivity index (χ2v) is 11.3. The Morgan fingerprint density at radius 2 is 1.74 bits per heavy atom. The Balaban J connectivity index is 1.83. The van der Waals surface area contributed by atoms with Crippen molar-refractivity contribution < 1.29 is 9.53 Å². The Kier molecular flexibility index (Phi) is 11.4. The molecule has 0 aromatic heterocycles. The van der Waals surface area contributed by atoms with E-state index in [0.29, 0.717) is 24.9 Å². The van der Waals surface area contributed by atoms with Gasteiger partial charge in [-0.3, -0.25) is 0 Å². The summed E-state index contributed by atoms with van der Waals surface area (Å²) in [6, 6.07) is 17.7. The first-order valence-electron chi connectivity index (χ1n) is 14.3. The number of hydrogen-bond acceptors (Lipinski definition) is 2. The molecule has 3 rings (SSSR count). The van der Waals surface area contributed by atoms with Gasteiger partial charge in [-0.1, -0.05) is 108 Å². The predicted molar refractivity (Wildman–Crippen MR) is 148 cm³/mol. The molecule has 0 amide bonds. The molecule has 2 heteroatoms. The molecule has 0 saturated heterocycles. The van der Waals surface area contributed by atoms with Crippen molar-refractivity contribution in [1.29, 1.82) is 0 Å². The van der Waals surface area contributed by atoms with Crippen molar-refractivity contribution in [3.63, 3.8) is 0 Å². The lowest BCUT2D eigenvalue weighted by molar-refractivity contribution is -0.107. The third-order valence-electron chi connectivity index (χ3n) is 8.14. The van der Waals surface area contributed by atoms with Gasteiger partial charge in [0.25, 0.3) is 0 Å². The SMILES string of the molecule is CCCCCCC(C)(C)c1ccc(C2CCCCC2CCCCC=O)c(OCc2ccccc2)c1. The monoisotopic (exact) mass is 476 g/mol. The van der Waals surface area contributed by atoms with Gasteiger partial charge in [0.1, 0.15) is 18.6 Å². The van der Waals surface area contributed by atoms with E-state index in [4.69, 9.17) is 4.74 Å². The lowest BCUT2D eigenvalue weighted by Crippen LogP contribution is -2.21. The van der Waals surface area contributed by atoms with Crippen molar-refractivity contribution in [2.24, 2.45) is 5.92 Å². The maximum absolute atomic E-state index is 10.8. The first-order chi connectivity index (χ1) is 17.0. The molecule has 1 aliphatic carbocycles. The van der Waals surface area contributed by atoms with Crippen LogP contribution in [-0.4, -0.2) is 6.29 Å². The molecule has 0 heterocycles. The van der Waals surface area contributed by atoms with Crippen molar-refractivity contribution in [3.8, 4) is 5.75 Å². The second kappa shape index (κ2) is 14.5. The fourth-order valence-corrected chi connectivity index (χ4v) is 5.86. The van der Waals surface area contributed by atoms with Crippen molar-refractivity contribution in [2.75, 3.05) is 0 Å². The minimum Gasteiger partial charge on any atom is -0.489 e. The van der Waals surface area contributed by atoms with E-state index in [1.165, 1.54) is 80.9 Å². The van der Waals surface area contributed by atoms with Gasteiger partial charge in [0, 0.05) is 6.42 Å². The van der Waals surface area contributed by atoms with Crippen LogP contribution in [-0.2, 0) is 16.8 Å². The minimum absolute atomic E-state index is 0.151. The van der Waals surface area contributed by atoms with Crippen LogP contribution in [0.1, 0.15) is 127 Å². The van der Waals surface area contributed by atoms with E-state index >= 15 is 0 Å². The Hall–Kier alpha value is -2.09. The highest BCUT2D eigenvalue weighted by molar-refractivity contribution is 5.49. The number of carbonyl (C=O) groups excluding carboxylic acids is 1. The van der Waals surface area contributed by atoms with Gasteiger partial charge in [-0.15, -0.1) is 0 Å². The Labute approximate surface area is 214 Å². The molecule has 0 spiro atoms. The van der Waals surface area contributed by atoms with E-state index in [9.17, 15) is 4.79 Å². The summed E-state index contributed by atoms with van der Waals surface area (Å²) in [4.78, 5) is 10.8. The molecule has 0 bridgehead atoms. The Morgan fingerprint density at radius 1 is 0.943 bits per heavy atom. The lowest BCUT2D eigenvalue weighted by atomic mass is 9.72. The Bertz CT molecular complexity index is 870. The molecule has 0 aliphatic heterocycles. The largest absolute Gasteiger partial charge is 0.489 e. The highest BCUT2D eigenvalue weighted by atomic mass is 16.5. The van der Waals surface area contributed by atoms with Gasteiger partial charge in [0.15, 0.2) is 0 Å². The standard InChI is InChI=1S/C33H48O2/c1-4-5-6-14-23-33(2,3)29-21-22-31(32(25-29)35-26-27-16-9-7-10-17-27)30-20-13-12-19-28(30)18-11-8-15-24-34/h7,9-10,16-17,21-22,24-25,28,30H,4-6,8,11-15,18-20,23,26H2,1-3H3. The molecule has 2 nitrogen and oxygen atoms in total. The normalized spacial score (nSPS) is 18.4. The minimum atomic E-state index is 0.151. The van der Waals surface area contributed by atoms with E-state index in [2.05, 4.69) is 69.3 Å². The molecule has 1 saturated carbocycles. The van der Waals surface area contributed by atoms with Crippen LogP contribution in [0.3, 0.4) is 0 Å². The predicted octanol–water partition coefficient (Wildman–Crippen LogP) is 9.55. The molecule has 0 radical (unpaired) electrons. The van der Waals surface area contributed by atoms with Crippen molar-refractivity contribution >= 4 is 6.29 Å². The van der Waals surface area contributed by atoms with Crippen LogP contribution in [0.25, 0.3) is 0 Å². The van der Waals surface area contributed by atoms with Crippen LogP contribution >= 0.6 is 0 Å². The van der Waals surface area contributed by atoms with Gasteiger partial charge < -0.3 is 9.53 Å². The molecule has 1 aliphatic rings. The van der Waals surface area contributed by atoms with Crippen LogP contribution in [0.5, 0.6) is 5.75 Å². The van der Waals surface area contributed by atoms with Crippen LogP contribution in [0.15, 0.2) is 48.5 Å². The molecule has 1 fully saturated rings. The molecule has 192 valence electrons. The molecule has 35 heavy (non-hydrogen) atoms. The number of unbranched alkanes of at least 4 members (excludes halogenated alkanes) is 5. The summed E-state index contributed by atoms with van der Waals surface area (Å²) in [6.45, 7) is 7.68. The number of rotatable bonds is 15. The number of aldehydes is 1. The third-order valence-corrected chi connectivity index (χ3v) is 8.14. The molecule has 2 unspecified atom stereocenters. The smallest absolute Gasteiger partial charge is 0.123 e. The van der Waals surface area contributed by atoms with Crippen LogP contribution < -0.4 is 4.74 Å². The Morgan fingerprint density at radius 3 is 2.51 bits per heavy atom. The van der Waals surface area contributed by atoms with Crippen molar-refractivity contribution in [3.05, 3.63) is 65.2 Å². The summed E-state index contributed by atoms with van der Waals surface area (Å²) in [5.74, 6) is 2.35. The number of ether oxygens (including phenoxy) is 1. The average Bonchev–Trinajstić information content (AvgIpc) is 2.89. The zero-order valence-corrected chi connectivity index (χ0v) is 22.6. The molecular formula is C33H48O2. The van der Waals surface area contributed by atoms with Crippen LogP contribution in [0, 0.1) is 5.92 Å². The fourth-order valence-electron chi connectivity index (χ4n) is 5.86. The molecule has 2 atom stereocenters. The summed E-state index contributed by atoms with van der Waals surface area (Å²) in [5, 5.41) is 0. The van der Waals surface area contributed by atoms with Gasteiger partial charge in [-0.25, -0.2) is 0 Å². The van der Waals surface area contributed by atoms with Gasteiger partial charge in [-0.2, -0.15) is 0 Å². The quantitative estimate of drug-likeness (QED) is 0.189. The highest BCUT2D eigenvalue weighted by Crippen LogP contribution is 2.45. The third kappa shape index (κ3) is 8.51. The summed E-state index contributed by atoms with van der Waals surface area (Å²) in [6.07, 6.45) is 16.8. The lowest BCUT2D eigenvalue weighted by Gasteiger charge is -2.34. The van der Waals surface area contributed by atoms with Gasteiger partial charge in [0.05, 0.1) is 0 Å². The van der Waals surface area contributed by atoms with Crippen molar-refractivity contribution in [2.45, 2.75) is 122 Å². The summed E-state index contributed by atoms with van der Waals surface area (Å²) in [7, 11) is 0. The van der Waals surface area contributed by atoms with Crippen molar-refractivity contribution in [1.82, 2.24) is 0 Å². The number of hydrogen-bond donors (Lipinski definition) is 0. The summed E-state index contributed by atoms with van der Waals surface area (Å²) in [5.41, 5.74) is 4.18. The first-order valence-corrected chi connectivity index (χ1v) is 14.3. The summed E-state index contributed by atoms with van der Waals surface area (Å²) >= 11 is 0. The van der Waals surface area contributed by atoms with Crippen LogP contribution in [0.4, 0.5) is 0 Å². The first kappa shape index (κ1) is 27.5.